The van der Waals surface area contributed by atoms with Gasteiger partial charge in [-0.1, -0.05) is 49.6 Å². The maximum Gasteiger partial charge on any atom is 0.305 e. The summed E-state index contributed by atoms with van der Waals surface area (Å²) in [6, 6.07) is 9.98. The normalized spacial score (nSPS) is 31.4. The highest BCUT2D eigenvalue weighted by atomic mass is 16.5. The zero-order valence-corrected chi connectivity index (χ0v) is 13.2. The molecule has 0 radical (unpaired) electrons. The van der Waals surface area contributed by atoms with Crippen LogP contribution in [-0.2, 0) is 14.3 Å². The summed E-state index contributed by atoms with van der Waals surface area (Å²) in [6.07, 6.45) is 5.95. The van der Waals surface area contributed by atoms with Gasteiger partial charge >= 0.3 is 5.97 Å². The van der Waals surface area contributed by atoms with Crippen LogP contribution in [0.25, 0.3) is 0 Å². The zero-order chi connectivity index (χ0) is 15.5. The van der Waals surface area contributed by atoms with E-state index in [2.05, 4.69) is 0 Å². The highest BCUT2D eigenvalue weighted by Crippen LogP contribution is 2.51. The maximum atomic E-state index is 13.0. The third-order valence-corrected chi connectivity index (χ3v) is 5.51. The second-order valence-electron chi connectivity index (χ2n) is 6.64. The Labute approximate surface area is 132 Å². The van der Waals surface area contributed by atoms with Crippen LogP contribution in [0.15, 0.2) is 30.3 Å². The third-order valence-electron chi connectivity index (χ3n) is 5.51. The number of rotatable bonds is 3. The number of benzene rings is 1. The molecule has 2 aliphatic carbocycles. The van der Waals surface area contributed by atoms with Crippen molar-refractivity contribution in [2.75, 3.05) is 7.11 Å². The Morgan fingerprint density at radius 1 is 1.14 bits per heavy atom. The Bertz CT molecular complexity index is 537. The summed E-state index contributed by atoms with van der Waals surface area (Å²) in [7, 11) is 1.43. The predicted octanol–water partition coefficient (Wildman–Crippen LogP) is 3.73. The lowest BCUT2D eigenvalue weighted by atomic mass is 9.80. The van der Waals surface area contributed by atoms with Crippen LogP contribution in [0.4, 0.5) is 0 Å². The molecule has 2 aliphatic rings. The van der Waals surface area contributed by atoms with Crippen molar-refractivity contribution in [3.05, 3.63) is 35.9 Å². The molecule has 1 aromatic carbocycles. The van der Waals surface area contributed by atoms with Gasteiger partial charge in [-0.05, 0) is 30.2 Å². The van der Waals surface area contributed by atoms with Crippen LogP contribution in [0.2, 0.25) is 0 Å². The first-order valence-electron chi connectivity index (χ1n) is 8.38. The molecule has 4 unspecified atom stereocenters. The Kier molecular flexibility index (Phi) is 4.60. The van der Waals surface area contributed by atoms with E-state index in [9.17, 15) is 9.59 Å². The van der Waals surface area contributed by atoms with Crippen molar-refractivity contribution in [3.63, 3.8) is 0 Å². The van der Waals surface area contributed by atoms with E-state index in [1.54, 1.807) is 0 Å². The maximum absolute atomic E-state index is 13.0. The fourth-order valence-corrected chi connectivity index (χ4v) is 4.51. The van der Waals surface area contributed by atoms with E-state index in [4.69, 9.17) is 4.74 Å². The molecule has 22 heavy (non-hydrogen) atoms. The molecular formula is C19H24O3. The summed E-state index contributed by atoms with van der Waals surface area (Å²) in [5, 5.41) is 0. The monoisotopic (exact) mass is 300 g/mol. The van der Waals surface area contributed by atoms with Crippen molar-refractivity contribution in [3.8, 4) is 0 Å². The summed E-state index contributed by atoms with van der Waals surface area (Å²) >= 11 is 0. The lowest BCUT2D eigenvalue weighted by molar-refractivity contribution is -0.142. The highest BCUT2D eigenvalue weighted by Gasteiger charge is 2.50. The number of fused-ring (bicyclic) bond motifs is 1. The zero-order valence-electron chi connectivity index (χ0n) is 13.2. The van der Waals surface area contributed by atoms with E-state index in [-0.39, 0.29) is 23.7 Å². The molecular weight excluding hydrogens is 276 g/mol. The molecule has 0 aliphatic heterocycles. The standard InChI is InChI=1S/C19H24O3/c1-22-17(20)12-16-14-10-6-3-7-11-15(14)19(21)18(16)13-8-4-2-5-9-13/h2,4-5,8-9,14-16,18H,3,6-7,10-12H2,1H3. The smallest absolute Gasteiger partial charge is 0.305 e. The van der Waals surface area contributed by atoms with Gasteiger partial charge in [0.05, 0.1) is 7.11 Å². The summed E-state index contributed by atoms with van der Waals surface area (Å²) in [5.74, 6) is 0.621. The molecule has 1 aromatic rings. The molecule has 0 N–H and O–H groups in total. The van der Waals surface area contributed by atoms with Crippen LogP contribution in [0.1, 0.15) is 50.0 Å². The van der Waals surface area contributed by atoms with Gasteiger partial charge in [0.25, 0.3) is 0 Å². The summed E-state index contributed by atoms with van der Waals surface area (Å²) in [4.78, 5) is 24.9. The number of methoxy groups -OCH3 is 1. The van der Waals surface area contributed by atoms with Crippen molar-refractivity contribution in [1.82, 2.24) is 0 Å². The third kappa shape index (κ3) is 2.81. The Morgan fingerprint density at radius 3 is 2.59 bits per heavy atom. The predicted molar refractivity (Wildman–Crippen MR) is 84.4 cm³/mol. The fraction of sp³-hybridized carbons (Fsp3) is 0.579. The number of hydrogen-bond donors (Lipinski definition) is 0. The van der Waals surface area contributed by atoms with Gasteiger partial charge in [-0.2, -0.15) is 0 Å². The van der Waals surface area contributed by atoms with Crippen LogP contribution in [0.5, 0.6) is 0 Å². The van der Waals surface area contributed by atoms with E-state index < -0.39 is 0 Å². The number of carbonyl (C=O) groups is 2. The average Bonchev–Trinajstić information content (AvgIpc) is 2.73. The number of carbonyl (C=O) groups excluding carboxylic acids is 2. The lowest BCUT2D eigenvalue weighted by Crippen LogP contribution is -2.21. The van der Waals surface area contributed by atoms with Crippen molar-refractivity contribution < 1.29 is 14.3 Å². The average molecular weight is 300 g/mol. The topological polar surface area (TPSA) is 43.4 Å². The second kappa shape index (κ2) is 6.64. The molecule has 4 atom stereocenters. The molecule has 3 rings (SSSR count). The molecule has 3 nitrogen and oxygen atoms in total. The fourth-order valence-electron chi connectivity index (χ4n) is 4.51. The number of esters is 1. The van der Waals surface area contributed by atoms with E-state index >= 15 is 0 Å². The molecule has 2 fully saturated rings. The number of Topliss-reactive ketones (excluding diaryl/α,β-unsaturated/α-hetero) is 1. The number of hydrogen-bond acceptors (Lipinski definition) is 3. The van der Waals surface area contributed by atoms with Crippen molar-refractivity contribution in [2.45, 2.75) is 44.4 Å². The minimum atomic E-state index is -0.191. The first-order valence-corrected chi connectivity index (χ1v) is 8.38. The summed E-state index contributed by atoms with van der Waals surface area (Å²) in [6.45, 7) is 0. The molecule has 0 spiro atoms. The largest absolute Gasteiger partial charge is 0.469 e. The van der Waals surface area contributed by atoms with E-state index in [0.717, 1.165) is 24.8 Å². The Morgan fingerprint density at radius 2 is 1.86 bits per heavy atom. The SMILES string of the molecule is COC(=O)CC1C(c2ccccc2)C(=O)C2CCCCCC21. The molecule has 0 bridgehead atoms. The molecule has 2 saturated carbocycles. The van der Waals surface area contributed by atoms with Gasteiger partial charge in [0.15, 0.2) is 0 Å². The van der Waals surface area contributed by atoms with Crippen molar-refractivity contribution in [2.24, 2.45) is 17.8 Å². The number of ketones is 1. The van der Waals surface area contributed by atoms with Gasteiger partial charge in [0, 0.05) is 18.3 Å². The van der Waals surface area contributed by atoms with Gasteiger partial charge < -0.3 is 4.74 Å². The van der Waals surface area contributed by atoms with Gasteiger partial charge in [-0.3, -0.25) is 9.59 Å². The van der Waals surface area contributed by atoms with Crippen LogP contribution < -0.4 is 0 Å². The summed E-state index contributed by atoms with van der Waals surface area (Å²) < 4.78 is 4.89. The molecule has 0 amide bonds. The first kappa shape index (κ1) is 15.3. The Hall–Kier alpha value is -1.64. The van der Waals surface area contributed by atoms with E-state index in [1.165, 1.54) is 20.0 Å². The van der Waals surface area contributed by atoms with E-state index in [1.807, 2.05) is 30.3 Å². The highest BCUT2D eigenvalue weighted by molar-refractivity contribution is 5.91. The summed E-state index contributed by atoms with van der Waals surface area (Å²) in [5.41, 5.74) is 1.06. The van der Waals surface area contributed by atoms with Crippen LogP contribution in [0.3, 0.4) is 0 Å². The molecule has 0 saturated heterocycles. The van der Waals surface area contributed by atoms with Gasteiger partial charge in [0.1, 0.15) is 5.78 Å². The van der Waals surface area contributed by atoms with E-state index in [0.29, 0.717) is 18.1 Å². The second-order valence-corrected chi connectivity index (χ2v) is 6.64. The quantitative estimate of drug-likeness (QED) is 0.799. The van der Waals surface area contributed by atoms with Crippen molar-refractivity contribution in [1.29, 1.82) is 0 Å². The minimum Gasteiger partial charge on any atom is -0.469 e. The first-order chi connectivity index (χ1) is 10.7. The molecule has 3 heteroatoms. The van der Waals surface area contributed by atoms with Crippen LogP contribution in [-0.4, -0.2) is 18.9 Å². The van der Waals surface area contributed by atoms with Crippen LogP contribution in [0, 0.1) is 17.8 Å². The number of ether oxygens (including phenoxy) is 1. The molecule has 0 aromatic heterocycles. The van der Waals surface area contributed by atoms with Crippen LogP contribution >= 0.6 is 0 Å². The lowest BCUT2D eigenvalue weighted by Gasteiger charge is -2.24. The van der Waals surface area contributed by atoms with Crippen molar-refractivity contribution >= 4 is 11.8 Å². The Balaban J connectivity index is 1.94. The minimum absolute atomic E-state index is 0.102. The van der Waals surface area contributed by atoms with Gasteiger partial charge in [0.2, 0.25) is 0 Å². The van der Waals surface area contributed by atoms with Gasteiger partial charge in [-0.15, -0.1) is 0 Å². The molecule has 118 valence electrons. The van der Waals surface area contributed by atoms with Gasteiger partial charge in [-0.25, -0.2) is 0 Å². The molecule has 0 heterocycles.